The Hall–Kier alpha value is -1.30. The minimum absolute atomic E-state index is 0.0474. The lowest BCUT2D eigenvalue weighted by Gasteiger charge is -2.29. The summed E-state index contributed by atoms with van der Waals surface area (Å²) in [5.41, 5.74) is 0.919. The average Bonchev–Trinajstić information content (AvgIpc) is 2.69. The second-order valence-electron chi connectivity index (χ2n) is 4.77. The van der Waals surface area contributed by atoms with E-state index in [9.17, 15) is 10.2 Å². The van der Waals surface area contributed by atoms with Crippen LogP contribution in [0.4, 0.5) is 0 Å². The molecule has 0 radical (unpaired) electrons. The molecule has 0 bridgehead atoms. The fourth-order valence-corrected chi connectivity index (χ4v) is 2.52. The summed E-state index contributed by atoms with van der Waals surface area (Å²) >= 11 is 0. The molecule has 0 aliphatic carbocycles. The first-order chi connectivity index (χ1) is 9.26. The van der Waals surface area contributed by atoms with Crippen molar-refractivity contribution >= 4 is 0 Å². The number of aliphatic hydroxyl groups is 1. The largest absolute Gasteiger partial charge is 0.504 e. The number of phenols is 1. The van der Waals surface area contributed by atoms with E-state index in [-0.39, 0.29) is 18.4 Å². The summed E-state index contributed by atoms with van der Waals surface area (Å²) in [5, 5.41) is 22.9. The van der Waals surface area contributed by atoms with Crippen LogP contribution in [0.1, 0.15) is 18.0 Å². The Kier molecular flexibility index (Phi) is 5.01. The minimum atomic E-state index is -0.0725. The van der Waals surface area contributed by atoms with Crippen molar-refractivity contribution in [2.45, 2.75) is 12.5 Å². The second kappa shape index (κ2) is 6.75. The average molecular weight is 266 g/mol. The van der Waals surface area contributed by atoms with Gasteiger partial charge in [-0.15, -0.1) is 0 Å². The number of phenolic OH excluding ortho intramolecular Hbond substituents is 1. The maximum atomic E-state index is 9.85. The van der Waals surface area contributed by atoms with Gasteiger partial charge in [-0.2, -0.15) is 0 Å². The third kappa shape index (κ3) is 3.37. The van der Waals surface area contributed by atoms with Gasteiger partial charge in [-0.3, -0.25) is 4.90 Å². The van der Waals surface area contributed by atoms with Gasteiger partial charge < -0.3 is 20.3 Å². The van der Waals surface area contributed by atoms with Crippen molar-refractivity contribution in [1.82, 2.24) is 10.2 Å². The number of benzene rings is 1. The van der Waals surface area contributed by atoms with E-state index in [1.807, 2.05) is 6.07 Å². The highest BCUT2D eigenvalue weighted by atomic mass is 16.5. The maximum absolute atomic E-state index is 9.85. The molecular weight excluding hydrogens is 244 g/mol. The normalized spacial score (nSPS) is 18.8. The highest BCUT2D eigenvalue weighted by Crippen LogP contribution is 2.31. The van der Waals surface area contributed by atoms with E-state index in [0.29, 0.717) is 5.75 Å². The number of nitrogens with one attached hydrogen (secondary N) is 1. The molecule has 1 saturated heterocycles. The van der Waals surface area contributed by atoms with Crippen molar-refractivity contribution in [3.63, 3.8) is 0 Å². The molecule has 5 nitrogen and oxygen atoms in total. The third-order valence-corrected chi connectivity index (χ3v) is 3.58. The summed E-state index contributed by atoms with van der Waals surface area (Å²) in [7, 11) is 1.53. The first kappa shape index (κ1) is 14.1. The number of methoxy groups -OCH3 is 1. The van der Waals surface area contributed by atoms with Crippen molar-refractivity contribution in [1.29, 1.82) is 0 Å². The zero-order valence-electron chi connectivity index (χ0n) is 11.3. The molecule has 0 spiro atoms. The lowest BCUT2D eigenvalue weighted by molar-refractivity contribution is 0.129. The quantitative estimate of drug-likeness (QED) is 0.750. The second-order valence-corrected chi connectivity index (χ2v) is 4.77. The first-order valence-electron chi connectivity index (χ1n) is 6.68. The van der Waals surface area contributed by atoms with E-state index < -0.39 is 0 Å². The zero-order chi connectivity index (χ0) is 13.7. The van der Waals surface area contributed by atoms with Gasteiger partial charge in [-0.05, 0) is 30.7 Å². The SMILES string of the molecule is COc1ccc(C(CO)N2CCCNCC2)cc1O. The van der Waals surface area contributed by atoms with E-state index in [1.54, 1.807) is 12.1 Å². The molecule has 1 unspecified atom stereocenters. The summed E-state index contributed by atoms with van der Waals surface area (Å²) in [6, 6.07) is 5.25. The molecule has 1 heterocycles. The van der Waals surface area contributed by atoms with Gasteiger partial charge in [0.05, 0.1) is 19.8 Å². The van der Waals surface area contributed by atoms with Crippen molar-refractivity contribution < 1.29 is 14.9 Å². The zero-order valence-corrected chi connectivity index (χ0v) is 11.3. The van der Waals surface area contributed by atoms with Crippen molar-refractivity contribution in [3.8, 4) is 11.5 Å². The number of hydrogen-bond acceptors (Lipinski definition) is 5. The minimum Gasteiger partial charge on any atom is -0.504 e. The predicted octanol–water partition coefficient (Wildman–Crippen LogP) is 0.729. The number of ether oxygens (including phenoxy) is 1. The standard InChI is InChI=1S/C14H22N2O3/c1-19-14-4-3-11(9-13(14)18)12(10-17)16-7-2-5-15-6-8-16/h3-4,9,12,15,17-18H,2,5-8,10H2,1H3. The van der Waals surface area contributed by atoms with E-state index >= 15 is 0 Å². The Morgan fingerprint density at radius 2 is 2.21 bits per heavy atom. The molecule has 0 saturated carbocycles. The van der Waals surface area contributed by atoms with Gasteiger partial charge in [0.15, 0.2) is 11.5 Å². The van der Waals surface area contributed by atoms with Crippen LogP contribution >= 0.6 is 0 Å². The molecule has 106 valence electrons. The van der Waals surface area contributed by atoms with Gasteiger partial charge in [-0.1, -0.05) is 6.07 Å². The van der Waals surface area contributed by atoms with Crippen LogP contribution in [-0.2, 0) is 0 Å². The molecule has 1 aliphatic heterocycles. The fraction of sp³-hybridized carbons (Fsp3) is 0.571. The lowest BCUT2D eigenvalue weighted by atomic mass is 10.0. The van der Waals surface area contributed by atoms with Gasteiger partial charge in [-0.25, -0.2) is 0 Å². The molecule has 5 heteroatoms. The smallest absolute Gasteiger partial charge is 0.160 e. The van der Waals surface area contributed by atoms with Crippen LogP contribution in [0.15, 0.2) is 18.2 Å². The van der Waals surface area contributed by atoms with Crippen molar-refractivity contribution in [2.24, 2.45) is 0 Å². The Bertz CT molecular complexity index is 404. The molecule has 0 amide bonds. The van der Waals surface area contributed by atoms with Crippen LogP contribution in [0, 0.1) is 0 Å². The van der Waals surface area contributed by atoms with Gasteiger partial charge in [0.2, 0.25) is 0 Å². The third-order valence-electron chi connectivity index (χ3n) is 3.58. The number of nitrogens with zero attached hydrogens (tertiary/aromatic N) is 1. The summed E-state index contributed by atoms with van der Waals surface area (Å²) < 4.78 is 5.04. The summed E-state index contributed by atoms with van der Waals surface area (Å²) in [6.07, 6.45) is 1.07. The molecule has 1 atom stereocenters. The highest BCUT2D eigenvalue weighted by molar-refractivity contribution is 5.42. The molecule has 1 aromatic carbocycles. The molecular formula is C14H22N2O3. The van der Waals surface area contributed by atoms with Gasteiger partial charge in [0, 0.05) is 19.6 Å². The summed E-state index contributed by atoms with van der Waals surface area (Å²) in [5.74, 6) is 0.573. The topological polar surface area (TPSA) is 65.0 Å². The Morgan fingerprint density at radius 3 is 2.89 bits per heavy atom. The van der Waals surface area contributed by atoms with Crippen LogP contribution in [0.25, 0.3) is 0 Å². The Labute approximate surface area is 113 Å². The van der Waals surface area contributed by atoms with E-state index in [1.165, 1.54) is 7.11 Å². The lowest BCUT2D eigenvalue weighted by Crippen LogP contribution is -2.34. The first-order valence-corrected chi connectivity index (χ1v) is 6.68. The van der Waals surface area contributed by atoms with Crippen LogP contribution < -0.4 is 10.1 Å². The van der Waals surface area contributed by atoms with E-state index in [2.05, 4.69) is 10.2 Å². The van der Waals surface area contributed by atoms with E-state index in [4.69, 9.17) is 4.74 Å². The van der Waals surface area contributed by atoms with Crippen LogP contribution in [0.5, 0.6) is 11.5 Å². The number of aromatic hydroxyl groups is 1. The molecule has 1 aromatic rings. The van der Waals surface area contributed by atoms with E-state index in [0.717, 1.165) is 38.2 Å². The molecule has 19 heavy (non-hydrogen) atoms. The summed E-state index contributed by atoms with van der Waals surface area (Å²) in [4.78, 5) is 2.25. The molecule has 0 aromatic heterocycles. The van der Waals surface area contributed by atoms with Crippen LogP contribution in [0.3, 0.4) is 0 Å². The Morgan fingerprint density at radius 1 is 1.37 bits per heavy atom. The van der Waals surface area contributed by atoms with Gasteiger partial charge >= 0.3 is 0 Å². The monoisotopic (exact) mass is 266 g/mol. The summed E-state index contributed by atoms with van der Waals surface area (Å²) in [6.45, 7) is 3.84. The highest BCUT2D eigenvalue weighted by Gasteiger charge is 2.21. The molecule has 1 aliphatic rings. The molecule has 3 N–H and O–H groups in total. The maximum Gasteiger partial charge on any atom is 0.160 e. The number of aliphatic hydroxyl groups excluding tert-OH is 1. The van der Waals surface area contributed by atoms with Crippen LogP contribution in [-0.4, -0.2) is 55.0 Å². The van der Waals surface area contributed by atoms with Crippen LogP contribution in [0.2, 0.25) is 0 Å². The van der Waals surface area contributed by atoms with Gasteiger partial charge in [0.25, 0.3) is 0 Å². The fourth-order valence-electron chi connectivity index (χ4n) is 2.52. The Balaban J connectivity index is 2.18. The van der Waals surface area contributed by atoms with Gasteiger partial charge in [0.1, 0.15) is 0 Å². The van der Waals surface area contributed by atoms with Crippen molar-refractivity contribution in [3.05, 3.63) is 23.8 Å². The molecule has 2 rings (SSSR count). The molecule has 1 fully saturated rings. The number of hydrogen-bond donors (Lipinski definition) is 3. The predicted molar refractivity (Wildman–Crippen MR) is 73.5 cm³/mol. The number of rotatable bonds is 4. The van der Waals surface area contributed by atoms with Crippen molar-refractivity contribution in [2.75, 3.05) is 39.9 Å².